The monoisotopic (exact) mass is 656 g/mol. The van der Waals surface area contributed by atoms with Gasteiger partial charge in [-0.25, -0.2) is 14.4 Å². The number of hydrogen-bond donors (Lipinski definition) is 3. The van der Waals surface area contributed by atoms with E-state index in [4.69, 9.17) is 27.5 Å². The van der Waals surface area contributed by atoms with Gasteiger partial charge in [0.25, 0.3) is 0 Å². The number of carboxylic acids is 3. The van der Waals surface area contributed by atoms with E-state index in [1.54, 1.807) is 0 Å². The van der Waals surface area contributed by atoms with Gasteiger partial charge in [0.05, 0.1) is 0 Å². The van der Waals surface area contributed by atoms with Crippen LogP contribution in [0.2, 0.25) is 0 Å². The van der Waals surface area contributed by atoms with E-state index in [2.05, 4.69) is 0 Å². The largest absolute Gasteiger partial charge is 0.489 e. The molecule has 6 rings (SSSR count). The van der Waals surface area contributed by atoms with E-state index in [1.165, 1.54) is 54.6 Å². The topological polar surface area (TPSA) is 230 Å². The van der Waals surface area contributed by atoms with E-state index in [0.717, 1.165) is 18.2 Å². The lowest BCUT2D eigenvalue weighted by Gasteiger charge is -2.21. The Morgan fingerprint density at radius 3 is 1.23 bits per heavy atom. The third-order valence-corrected chi connectivity index (χ3v) is 6.92. The zero-order valence-corrected chi connectivity index (χ0v) is 24.2. The zero-order chi connectivity index (χ0) is 34.1. The Hall–Kier alpha value is -6.90. The molecule has 0 aliphatic rings. The Bertz CT molecular complexity index is 2340. The van der Waals surface area contributed by atoms with Crippen LogP contribution < -0.4 is 30.5 Å². The molecule has 0 aliphatic heterocycles. The summed E-state index contributed by atoms with van der Waals surface area (Å²) in [7, 11) is 0. The number of ether oxygens (including phenoxy) is 3. The molecule has 0 aliphatic carbocycles. The highest BCUT2D eigenvalue weighted by atomic mass is 16.6. The maximum atomic E-state index is 12.9. The SMILES string of the molecule is O=C(O)c1cc(=O)c2c(OCC(COc3cccc4oc(C(=O)O)cc(=O)c34)Oc3cccc4oc(C(=O)O)cc(=O)c34)cccc2o1. The number of carbonyl (C=O) groups is 3. The fraction of sp³-hybridized carbons (Fsp3) is 0.0909. The van der Waals surface area contributed by atoms with Crippen LogP contribution >= 0.6 is 0 Å². The van der Waals surface area contributed by atoms with E-state index in [1.807, 2.05) is 0 Å². The van der Waals surface area contributed by atoms with Gasteiger partial charge in [0.15, 0.2) is 22.4 Å². The Balaban J connectivity index is 1.37. The molecule has 0 fully saturated rings. The van der Waals surface area contributed by atoms with Crippen molar-refractivity contribution in [1.82, 2.24) is 0 Å². The molecule has 0 amide bonds. The molecule has 0 atom stereocenters. The average Bonchev–Trinajstić information content (AvgIpc) is 3.05. The predicted molar refractivity (Wildman–Crippen MR) is 164 cm³/mol. The Kier molecular flexibility index (Phi) is 8.08. The molecule has 0 unspecified atom stereocenters. The van der Waals surface area contributed by atoms with E-state index in [9.17, 15) is 44.1 Å². The van der Waals surface area contributed by atoms with Crippen molar-refractivity contribution in [3.8, 4) is 17.2 Å². The zero-order valence-electron chi connectivity index (χ0n) is 24.2. The van der Waals surface area contributed by atoms with E-state index in [-0.39, 0.29) is 63.4 Å². The molecule has 6 aromatic rings. The van der Waals surface area contributed by atoms with Crippen molar-refractivity contribution >= 4 is 50.8 Å². The quantitative estimate of drug-likeness (QED) is 0.179. The summed E-state index contributed by atoms with van der Waals surface area (Å²) in [6.07, 6.45) is -1.12. The number of fused-ring (bicyclic) bond motifs is 3. The standard InChI is InChI=1S/C33H20O15/c34-16-10-25(31(37)38)46-22-7-1-4-19(28(16)22)43-13-15(45-21-6-3-9-24-30(21)18(36)12-27(48-24)33(41)42)14-44-20-5-2-8-23-29(20)17(35)11-26(47-23)32(39)40/h1-12,15H,13-14H2,(H,37,38)(H,39,40)(H,41,42). The first-order valence-electron chi connectivity index (χ1n) is 13.8. The summed E-state index contributed by atoms with van der Waals surface area (Å²) in [5.41, 5.74) is -2.30. The van der Waals surface area contributed by atoms with E-state index < -0.39 is 57.6 Å². The highest BCUT2D eigenvalue weighted by Gasteiger charge is 2.22. The first kappa shape index (κ1) is 31.1. The molecule has 3 aromatic heterocycles. The van der Waals surface area contributed by atoms with E-state index >= 15 is 0 Å². The lowest BCUT2D eigenvalue weighted by molar-refractivity contribution is 0.0652. The van der Waals surface area contributed by atoms with Gasteiger partial charge in [-0.15, -0.1) is 0 Å². The Morgan fingerprint density at radius 1 is 0.542 bits per heavy atom. The van der Waals surface area contributed by atoms with Gasteiger partial charge in [-0.2, -0.15) is 0 Å². The molecule has 48 heavy (non-hydrogen) atoms. The van der Waals surface area contributed by atoms with Crippen LogP contribution in [-0.2, 0) is 0 Å². The summed E-state index contributed by atoms with van der Waals surface area (Å²) in [6.45, 7) is -0.729. The molecule has 15 nitrogen and oxygen atoms in total. The summed E-state index contributed by atoms with van der Waals surface area (Å²) < 4.78 is 34.0. The number of hydrogen-bond acceptors (Lipinski definition) is 12. The maximum absolute atomic E-state index is 12.9. The predicted octanol–water partition coefficient (Wildman–Crippen LogP) is 4.01. The second-order valence-corrected chi connectivity index (χ2v) is 10.1. The maximum Gasteiger partial charge on any atom is 0.371 e. The fourth-order valence-corrected chi connectivity index (χ4v) is 4.85. The Labute approximate surface area is 265 Å². The van der Waals surface area contributed by atoms with Gasteiger partial charge in [-0.1, -0.05) is 18.2 Å². The van der Waals surface area contributed by atoms with Gasteiger partial charge in [0.2, 0.25) is 17.3 Å². The molecule has 0 saturated carbocycles. The summed E-state index contributed by atoms with van der Waals surface area (Å²) in [5, 5.41) is 27.6. The Morgan fingerprint density at radius 2 is 0.875 bits per heavy atom. The number of rotatable bonds is 11. The molecule has 3 N–H and O–H groups in total. The summed E-state index contributed by atoms with van der Waals surface area (Å²) in [5.74, 6) is -6.11. The van der Waals surface area contributed by atoms with Crippen molar-refractivity contribution in [2.24, 2.45) is 0 Å². The number of benzene rings is 3. The number of aromatic carboxylic acids is 3. The summed E-state index contributed by atoms with van der Waals surface area (Å²) in [6, 6.07) is 15.2. The second-order valence-electron chi connectivity index (χ2n) is 10.1. The molecule has 0 saturated heterocycles. The van der Waals surface area contributed by atoms with Gasteiger partial charge >= 0.3 is 17.9 Å². The molecule has 3 aromatic carbocycles. The molecule has 15 heteroatoms. The van der Waals surface area contributed by atoms with Crippen molar-refractivity contribution in [3.05, 3.63) is 121 Å². The minimum absolute atomic E-state index is 0.00216. The van der Waals surface area contributed by atoms with Crippen molar-refractivity contribution in [3.63, 3.8) is 0 Å². The van der Waals surface area contributed by atoms with Crippen molar-refractivity contribution in [2.45, 2.75) is 6.10 Å². The van der Waals surface area contributed by atoms with Crippen molar-refractivity contribution in [1.29, 1.82) is 0 Å². The molecule has 0 radical (unpaired) electrons. The normalized spacial score (nSPS) is 11.2. The summed E-state index contributed by atoms with van der Waals surface area (Å²) in [4.78, 5) is 72.8. The van der Waals surface area contributed by atoms with E-state index in [0.29, 0.717) is 0 Å². The van der Waals surface area contributed by atoms with Crippen LogP contribution in [0.15, 0.2) is 100 Å². The van der Waals surface area contributed by atoms with Crippen LogP contribution in [0.5, 0.6) is 17.2 Å². The molecule has 3 heterocycles. The first-order valence-corrected chi connectivity index (χ1v) is 13.8. The lowest BCUT2D eigenvalue weighted by Crippen LogP contribution is -2.32. The first-order chi connectivity index (χ1) is 23.0. The van der Waals surface area contributed by atoms with Crippen molar-refractivity contribution < 1.29 is 57.2 Å². The third-order valence-electron chi connectivity index (χ3n) is 6.92. The van der Waals surface area contributed by atoms with Gasteiger partial charge in [-0.3, -0.25) is 14.4 Å². The van der Waals surface area contributed by atoms with Crippen LogP contribution in [0, 0.1) is 0 Å². The van der Waals surface area contributed by atoms with Crippen LogP contribution in [0.1, 0.15) is 31.7 Å². The highest BCUT2D eigenvalue weighted by molar-refractivity contribution is 5.91. The highest BCUT2D eigenvalue weighted by Crippen LogP contribution is 2.28. The van der Waals surface area contributed by atoms with Gasteiger partial charge in [0, 0.05) is 18.2 Å². The van der Waals surface area contributed by atoms with Gasteiger partial charge in [0.1, 0.15) is 63.4 Å². The molecule has 0 bridgehead atoms. The third kappa shape index (κ3) is 6.02. The molecular formula is C33H20O15. The minimum atomic E-state index is -1.45. The molecular weight excluding hydrogens is 636 g/mol. The van der Waals surface area contributed by atoms with Crippen LogP contribution in [0.25, 0.3) is 32.9 Å². The van der Waals surface area contributed by atoms with Crippen LogP contribution in [0.4, 0.5) is 0 Å². The second kappa shape index (κ2) is 12.5. The van der Waals surface area contributed by atoms with Gasteiger partial charge < -0.3 is 42.8 Å². The smallest absolute Gasteiger partial charge is 0.371 e. The number of carboxylic acid groups (broad SMARTS) is 3. The van der Waals surface area contributed by atoms with Crippen molar-refractivity contribution in [2.75, 3.05) is 13.2 Å². The van der Waals surface area contributed by atoms with Crippen LogP contribution in [0.3, 0.4) is 0 Å². The molecule has 0 spiro atoms. The fourth-order valence-electron chi connectivity index (χ4n) is 4.85. The average molecular weight is 657 g/mol. The lowest BCUT2D eigenvalue weighted by atomic mass is 10.2. The minimum Gasteiger partial charge on any atom is -0.489 e. The van der Waals surface area contributed by atoms with Gasteiger partial charge in [-0.05, 0) is 36.4 Å². The summed E-state index contributed by atoms with van der Waals surface area (Å²) >= 11 is 0. The molecule has 242 valence electrons. The van der Waals surface area contributed by atoms with Crippen LogP contribution in [-0.4, -0.2) is 52.5 Å².